The van der Waals surface area contributed by atoms with E-state index < -0.39 is 0 Å². The molecular formula is C35H71O. The first-order valence-corrected chi connectivity index (χ1v) is 17.3. The summed E-state index contributed by atoms with van der Waals surface area (Å²) in [5, 5.41) is 0. The Hall–Kier alpha value is -0.0400. The highest BCUT2D eigenvalue weighted by Gasteiger charge is 1.97. The van der Waals surface area contributed by atoms with Crippen LogP contribution in [0.5, 0.6) is 0 Å². The van der Waals surface area contributed by atoms with Crippen molar-refractivity contribution in [3.05, 3.63) is 6.61 Å². The van der Waals surface area contributed by atoms with Crippen LogP contribution in [0.15, 0.2) is 0 Å². The number of unbranched alkanes of at least 4 members (excludes halogenated alkanes) is 29. The van der Waals surface area contributed by atoms with Gasteiger partial charge in [0.15, 0.2) is 0 Å². The molecule has 0 aromatic rings. The molecule has 0 bridgehead atoms. The minimum Gasteiger partial charge on any atom is -0.376 e. The topological polar surface area (TPSA) is 9.23 Å². The summed E-state index contributed by atoms with van der Waals surface area (Å²) in [5.41, 5.74) is 0. The van der Waals surface area contributed by atoms with Gasteiger partial charge in [-0.05, 0) is 12.8 Å². The summed E-state index contributed by atoms with van der Waals surface area (Å²) in [6.45, 7) is 7.63. The van der Waals surface area contributed by atoms with Crippen LogP contribution in [0.1, 0.15) is 213 Å². The van der Waals surface area contributed by atoms with Crippen molar-refractivity contribution in [3.63, 3.8) is 0 Å². The Balaban J connectivity index is 3.00. The van der Waals surface area contributed by atoms with E-state index in [2.05, 4.69) is 20.5 Å². The van der Waals surface area contributed by atoms with E-state index in [9.17, 15) is 0 Å². The van der Waals surface area contributed by atoms with Crippen molar-refractivity contribution >= 4 is 0 Å². The van der Waals surface area contributed by atoms with Crippen LogP contribution in [0.3, 0.4) is 0 Å². The number of rotatable bonds is 33. The lowest BCUT2D eigenvalue weighted by Gasteiger charge is -2.05. The highest BCUT2D eigenvalue weighted by atomic mass is 16.5. The van der Waals surface area contributed by atoms with Crippen molar-refractivity contribution < 1.29 is 4.74 Å². The number of hydrogen-bond donors (Lipinski definition) is 0. The zero-order valence-electron chi connectivity index (χ0n) is 25.6. The molecule has 0 aromatic carbocycles. The van der Waals surface area contributed by atoms with Crippen molar-refractivity contribution in [3.8, 4) is 0 Å². The average molecular weight is 508 g/mol. The normalized spacial score (nSPS) is 11.5. The van der Waals surface area contributed by atoms with Crippen LogP contribution in [-0.4, -0.2) is 6.61 Å². The van der Waals surface area contributed by atoms with E-state index in [1.807, 2.05) is 0 Å². The molecule has 0 atom stereocenters. The van der Waals surface area contributed by atoms with Gasteiger partial charge in [-0.15, -0.1) is 0 Å². The van der Waals surface area contributed by atoms with Gasteiger partial charge in [0.2, 0.25) is 0 Å². The minimum absolute atomic E-state index is 0.941. The zero-order chi connectivity index (χ0) is 26.0. The average Bonchev–Trinajstić information content (AvgIpc) is 2.89. The fraction of sp³-hybridized carbons (Fsp3) is 0.971. The summed E-state index contributed by atoms with van der Waals surface area (Å²) in [4.78, 5) is 0. The standard InChI is InChI=1S/C35H71O/c1-3-5-7-9-11-13-15-17-18-19-20-21-23-25-27-29-31-33-35-36-34-32-30-28-26-24-22-16-14-12-10-8-6-4-2/h35H,3-34H2,1-2H3. The molecule has 0 spiro atoms. The van der Waals surface area contributed by atoms with E-state index in [0.717, 1.165) is 13.0 Å². The Kier molecular flexibility index (Phi) is 34.9. The molecule has 1 heteroatoms. The fourth-order valence-corrected chi connectivity index (χ4v) is 5.32. The van der Waals surface area contributed by atoms with Gasteiger partial charge in [-0.3, -0.25) is 0 Å². The highest BCUT2D eigenvalue weighted by molar-refractivity contribution is 4.55. The number of ether oxygens (including phenoxy) is 1. The lowest BCUT2D eigenvalue weighted by Crippen LogP contribution is -1.92. The van der Waals surface area contributed by atoms with E-state index in [0.29, 0.717) is 0 Å². The molecule has 0 rings (SSSR count). The van der Waals surface area contributed by atoms with Gasteiger partial charge in [0.05, 0.1) is 6.61 Å². The molecule has 0 unspecified atom stereocenters. The van der Waals surface area contributed by atoms with Crippen LogP contribution >= 0.6 is 0 Å². The lowest BCUT2D eigenvalue weighted by atomic mass is 10.0. The van der Waals surface area contributed by atoms with Crippen LogP contribution in [0.25, 0.3) is 0 Å². The van der Waals surface area contributed by atoms with E-state index in [4.69, 9.17) is 4.74 Å². The van der Waals surface area contributed by atoms with E-state index in [1.54, 1.807) is 0 Å². The second-order valence-electron chi connectivity index (χ2n) is 11.7. The Morgan fingerprint density at radius 1 is 0.306 bits per heavy atom. The lowest BCUT2D eigenvalue weighted by molar-refractivity contribution is 0.183. The molecule has 0 aliphatic heterocycles. The monoisotopic (exact) mass is 508 g/mol. The first-order chi connectivity index (χ1) is 17.9. The minimum atomic E-state index is 0.941. The smallest absolute Gasteiger partial charge is 0.0836 e. The second kappa shape index (κ2) is 35.0. The Morgan fingerprint density at radius 2 is 0.556 bits per heavy atom. The van der Waals surface area contributed by atoms with Crippen molar-refractivity contribution in [2.75, 3.05) is 6.61 Å². The zero-order valence-corrected chi connectivity index (χ0v) is 25.6. The third-order valence-corrected chi connectivity index (χ3v) is 7.91. The summed E-state index contributed by atoms with van der Waals surface area (Å²) in [6.07, 6.45) is 44.1. The predicted molar refractivity (Wildman–Crippen MR) is 165 cm³/mol. The Morgan fingerprint density at radius 3 is 0.861 bits per heavy atom. The van der Waals surface area contributed by atoms with Crippen molar-refractivity contribution in [2.24, 2.45) is 0 Å². The summed E-state index contributed by atoms with van der Waals surface area (Å²) in [7, 11) is 0. The van der Waals surface area contributed by atoms with Gasteiger partial charge in [-0.25, -0.2) is 0 Å². The van der Waals surface area contributed by atoms with Crippen LogP contribution in [0, 0.1) is 6.61 Å². The third-order valence-electron chi connectivity index (χ3n) is 7.91. The van der Waals surface area contributed by atoms with E-state index in [1.165, 1.54) is 193 Å². The first-order valence-electron chi connectivity index (χ1n) is 17.3. The molecule has 0 fully saturated rings. The van der Waals surface area contributed by atoms with Crippen LogP contribution in [-0.2, 0) is 4.74 Å². The molecule has 1 nitrogen and oxygen atoms in total. The van der Waals surface area contributed by atoms with Crippen molar-refractivity contribution in [2.45, 2.75) is 213 Å². The van der Waals surface area contributed by atoms with Gasteiger partial charge in [0.25, 0.3) is 0 Å². The molecule has 0 N–H and O–H groups in total. The van der Waals surface area contributed by atoms with E-state index >= 15 is 0 Å². The summed E-state index contributed by atoms with van der Waals surface area (Å²) < 4.78 is 5.74. The molecule has 0 aromatic heterocycles. The molecule has 36 heavy (non-hydrogen) atoms. The first kappa shape index (κ1) is 36.0. The molecular weight excluding hydrogens is 436 g/mol. The predicted octanol–water partition coefficient (Wildman–Crippen LogP) is 13.3. The molecule has 0 saturated heterocycles. The maximum Gasteiger partial charge on any atom is 0.0836 e. The fourth-order valence-electron chi connectivity index (χ4n) is 5.32. The van der Waals surface area contributed by atoms with Gasteiger partial charge in [-0.1, -0.05) is 200 Å². The maximum atomic E-state index is 5.74. The maximum absolute atomic E-state index is 5.74. The molecule has 0 aliphatic carbocycles. The van der Waals surface area contributed by atoms with Crippen molar-refractivity contribution in [1.82, 2.24) is 0 Å². The second-order valence-corrected chi connectivity index (χ2v) is 11.7. The SMILES string of the molecule is CCCCCCCCCCCCCCCCCCC[CH]OCCCCCCCCCCCCCCC. The summed E-state index contributed by atoms with van der Waals surface area (Å²) in [5.74, 6) is 0. The molecule has 0 amide bonds. The number of hydrogen-bond acceptors (Lipinski definition) is 1. The highest BCUT2D eigenvalue weighted by Crippen LogP contribution is 2.15. The Bertz CT molecular complexity index is 319. The van der Waals surface area contributed by atoms with E-state index in [-0.39, 0.29) is 0 Å². The summed E-state index contributed by atoms with van der Waals surface area (Å²) >= 11 is 0. The van der Waals surface area contributed by atoms with Gasteiger partial charge in [-0.2, -0.15) is 0 Å². The van der Waals surface area contributed by atoms with Gasteiger partial charge < -0.3 is 4.74 Å². The quantitative estimate of drug-likeness (QED) is 0.0802. The van der Waals surface area contributed by atoms with Crippen LogP contribution < -0.4 is 0 Å². The molecule has 1 radical (unpaired) electrons. The van der Waals surface area contributed by atoms with Crippen LogP contribution in [0.2, 0.25) is 0 Å². The largest absolute Gasteiger partial charge is 0.376 e. The third kappa shape index (κ3) is 34.0. The van der Waals surface area contributed by atoms with Crippen molar-refractivity contribution in [1.29, 1.82) is 0 Å². The molecule has 0 saturated carbocycles. The van der Waals surface area contributed by atoms with Crippen LogP contribution in [0.4, 0.5) is 0 Å². The van der Waals surface area contributed by atoms with Gasteiger partial charge >= 0.3 is 0 Å². The summed E-state index contributed by atoms with van der Waals surface area (Å²) in [6, 6.07) is 0. The van der Waals surface area contributed by atoms with Gasteiger partial charge in [0.1, 0.15) is 0 Å². The Labute approximate surface area is 230 Å². The molecule has 0 aliphatic rings. The molecule has 0 heterocycles. The van der Waals surface area contributed by atoms with Gasteiger partial charge in [0, 0.05) is 6.61 Å². The molecule has 217 valence electrons.